The molecule has 2 aromatic rings. The number of aliphatic hydroxyl groups is 1. The van der Waals surface area contributed by atoms with Gasteiger partial charge >= 0.3 is 5.97 Å². The van der Waals surface area contributed by atoms with E-state index in [4.69, 9.17) is 5.11 Å². The molecule has 0 aliphatic rings. The summed E-state index contributed by atoms with van der Waals surface area (Å²) in [6, 6.07) is 1.97. The smallest absolute Gasteiger partial charge is 0.340 e. The highest BCUT2D eigenvalue weighted by Crippen LogP contribution is 2.25. The first-order valence-corrected chi connectivity index (χ1v) is 5.85. The summed E-state index contributed by atoms with van der Waals surface area (Å²) in [5, 5.41) is 26.2. The van der Waals surface area contributed by atoms with Crippen molar-refractivity contribution in [2.45, 2.75) is 19.9 Å². The van der Waals surface area contributed by atoms with E-state index in [9.17, 15) is 14.3 Å². The van der Waals surface area contributed by atoms with E-state index in [2.05, 4.69) is 10.3 Å². The van der Waals surface area contributed by atoms with Crippen molar-refractivity contribution in [3.8, 4) is 0 Å². The fourth-order valence-corrected chi connectivity index (χ4v) is 2.02. The van der Waals surface area contributed by atoms with Gasteiger partial charge in [-0.15, -0.1) is 5.10 Å². The largest absolute Gasteiger partial charge is 0.478 e. The lowest BCUT2D eigenvalue weighted by Crippen LogP contribution is -2.21. The molecule has 1 heterocycles. The van der Waals surface area contributed by atoms with Crippen LogP contribution in [-0.2, 0) is 0 Å². The van der Waals surface area contributed by atoms with Crippen LogP contribution in [0, 0.1) is 11.7 Å². The Hall–Kier alpha value is -2.02. The summed E-state index contributed by atoms with van der Waals surface area (Å²) < 4.78 is 15.0. The Balaban J connectivity index is 2.76. The minimum absolute atomic E-state index is 0.000174. The van der Waals surface area contributed by atoms with E-state index in [1.165, 1.54) is 10.7 Å². The Morgan fingerprint density at radius 2 is 2.16 bits per heavy atom. The monoisotopic (exact) mass is 267 g/mol. The van der Waals surface area contributed by atoms with Crippen molar-refractivity contribution in [2.24, 2.45) is 5.92 Å². The van der Waals surface area contributed by atoms with Crippen LogP contribution in [0.3, 0.4) is 0 Å². The fourth-order valence-electron chi connectivity index (χ4n) is 2.02. The van der Waals surface area contributed by atoms with Crippen LogP contribution < -0.4 is 0 Å². The quantitative estimate of drug-likeness (QED) is 0.875. The van der Waals surface area contributed by atoms with Gasteiger partial charge in [-0.25, -0.2) is 13.9 Å². The second kappa shape index (κ2) is 4.93. The number of hydrogen-bond acceptors (Lipinski definition) is 4. The number of hydrogen-bond donors (Lipinski definition) is 2. The van der Waals surface area contributed by atoms with Gasteiger partial charge in [0.1, 0.15) is 22.4 Å². The summed E-state index contributed by atoms with van der Waals surface area (Å²) in [5.74, 6) is -2.23. The fraction of sp³-hybridized carbons (Fsp3) is 0.417. The number of fused-ring (bicyclic) bond motifs is 1. The molecular formula is C12H14FN3O3. The molecule has 0 amide bonds. The lowest BCUT2D eigenvalue weighted by atomic mass is 10.0. The van der Waals surface area contributed by atoms with Gasteiger partial charge in [-0.3, -0.25) is 0 Å². The van der Waals surface area contributed by atoms with Crippen LogP contribution in [0.2, 0.25) is 0 Å². The molecule has 19 heavy (non-hydrogen) atoms. The lowest BCUT2D eigenvalue weighted by molar-refractivity contribution is 0.0693. The molecule has 1 aromatic carbocycles. The minimum atomic E-state index is -1.38. The normalized spacial score (nSPS) is 13.1. The van der Waals surface area contributed by atoms with Gasteiger partial charge in [0.05, 0.1) is 12.6 Å². The molecule has 0 aliphatic carbocycles. The van der Waals surface area contributed by atoms with Crippen LogP contribution in [0.5, 0.6) is 0 Å². The minimum Gasteiger partial charge on any atom is -0.478 e. The van der Waals surface area contributed by atoms with Crippen LogP contribution in [0.15, 0.2) is 12.1 Å². The molecule has 2 rings (SSSR count). The van der Waals surface area contributed by atoms with Gasteiger partial charge in [0.25, 0.3) is 0 Å². The van der Waals surface area contributed by atoms with Gasteiger partial charge in [-0.05, 0) is 18.1 Å². The van der Waals surface area contributed by atoms with Gasteiger partial charge in [-0.1, -0.05) is 19.1 Å². The van der Waals surface area contributed by atoms with E-state index < -0.39 is 23.4 Å². The Labute approximate surface area is 108 Å². The van der Waals surface area contributed by atoms with Crippen LogP contribution >= 0.6 is 0 Å². The molecule has 1 atom stereocenters. The van der Waals surface area contributed by atoms with Crippen molar-refractivity contribution < 1.29 is 19.4 Å². The van der Waals surface area contributed by atoms with Crippen LogP contribution in [0.25, 0.3) is 11.0 Å². The van der Waals surface area contributed by atoms with Crippen molar-refractivity contribution >= 4 is 17.0 Å². The summed E-state index contributed by atoms with van der Waals surface area (Å²) in [5.41, 5.74) is -0.0836. The van der Waals surface area contributed by atoms with E-state index in [1.807, 2.05) is 13.8 Å². The average molecular weight is 267 g/mol. The number of aromatic nitrogens is 3. The predicted molar refractivity (Wildman–Crippen MR) is 65.4 cm³/mol. The number of carbonyl (C=O) groups is 1. The van der Waals surface area contributed by atoms with Crippen LogP contribution in [-0.4, -0.2) is 37.8 Å². The first-order valence-electron chi connectivity index (χ1n) is 5.85. The molecule has 102 valence electrons. The zero-order valence-corrected chi connectivity index (χ0v) is 10.5. The predicted octanol–water partition coefficient (Wildman–Crippen LogP) is 1.46. The summed E-state index contributed by atoms with van der Waals surface area (Å²) in [6.07, 6.45) is 0. The van der Waals surface area contributed by atoms with Gasteiger partial charge < -0.3 is 10.2 Å². The third kappa shape index (κ3) is 2.17. The number of rotatable bonds is 4. The van der Waals surface area contributed by atoms with Gasteiger partial charge in [0.2, 0.25) is 0 Å². The Bertz CT molecular complexity index is 624. The highest BCUT2D eigenvalue weighted by Gasteiger charge is 2.24. The molecule has 0 aliphatic heterocycles. The maximum Gasteiger partial charge on any atom is 0.340 e. The van der Waals surface area contributed by atoms with E-state index in [0.717, 1.165) is 6.07 Å². The average Bonchev–Trinajstić information content (AvgIpc) is 2.73. The number of aliphatic hydroxyl groups excluding tert-OH is 1. The van der Waals surface area contributed by atoms with Gasteiger partial charge in [0.15, 0.2) is 0 Å². The summed E-state index contributed by atoms with van der Waals surface area (Å²) in [6.45, 7) is 3.48. The summed E-state index contributed by atoms with van der Waals surface area (Å²) in [7, 11) is 0. The standard InChI is InChI=1S/C12H14FN3O3/c1-6(2)9(5-17)16-11-8(14-15-16)4-3-7(13)10(11)12(18)19/h3-4,6,9,17H,5H2,1-2H3,(H,18,19). The number of aromatic carboxylic acids is 1. The van der Waals surface area contributed by atoms with E-state index in [1.54, 1.807) is 0 Å². The molecule has 0 saturated heterocycles. The van der Waals surface area contributed by atoms with Gasteiger partial charge in [0, 0.05) is 0 Å². The zero-order chi connectivity index (χ0) is 14.2. The molecule has 6 nitrogen and oxygen atoms in total. The van der Waals surface area contributed by atoms with Crippen molar-refractivity contribution in [3.05, 3.63) is 23.5 Å². The van der Waals surface area contributed by atoms with Crippen LogP contribution in [0.4, 0.5) is 4.39 Å². The Kier molecular flexibility index (Phi) is 3.48. The van der Waals surface area contributed by atoms with Crippen molar-refractivity contribution in [1.82, 2.24) is 15.0 Å². The molecule has 0 saturated carbocycles. The van der Waals surface area contributed by atoms with Crippen molar-refractivity contribution in [3.63, 3.8) is 0 Å². The van der Waals surface area contributed by atoms with Crippen molar-refractivity contribution in [2.75, 3.05) is 6.61 Å². The maximum atomic E-state index is 13.7. The molecule has 1 aromatic heterocycles. The van der Waals surface area contributed by atoms with Crippen molar-refractivity contribution in [1.29, 1.82) is 0 Å². The highest BCUT2D eigenvalue weighted by molar-refractivity contribution is 6.01. The zero-order valence-electron chi connectivity index (χ0n) is 10.5. The number of carboxylic acid groups (broad SMARTS) is 1. The molecule has 2 N–H and O–H groups in total. The number of nitrogens with zero attached hydrogens (tertiary/aromatic N) is 3. The molecule has 0 bridgehead atoms. The molecule has 0 fully saturated rings. The summed E-state index contributed by atoms with van der Waals surface area (Å²) >= 11 is 0. The Morgan fingerprint density at radius 3 is 2.68 bits per heavy atom. The number of halogens is 1. The van der Waals surface area contributed by atoms with Crippen LogP contribution in [0.1, 0.15) is 30.2 Å². The topological polar surface area (TPSA) is 88.2 Å². The van der Waals surface area contributed by atoms with E-state index in [0.29, 0.717) is 0 Å². The SMILES string of the molecule is CC(C)C(CO)n1nnc2ccc(F)c(C(=O)O)c21. The molecule has 7 heteroatoms. The van der Waals surface area contributed by atoms with Gasteiger partial charge in [-0.2, -0.15) is 0 Å². The highest BCUT2D eigenvalue weighted by atomic mass is 19.1. The third-order valence-corrected chi connectivity index (χ3v) is 3.07. The summed E-state index contributed by atoms with van der Waals surface area (Å²) in [4.78, 5) is 11.2. The number of benzene rings is 1. The second-order valence-corrected chi connectivity index (χ2v) is 4.62. The molecule has 1 unspecified atom stereocenters. The first kappa shape index (κ1) is 13.4. The number of carboxylic acids is 1. The second-order valence-electron chi connectivity index (χ2n) is 4.62. The Morgan fingerprint density at radius 1 is 1.47 bits per heavy atom. The molecule has 0 radical (unpaired) electrons. The molecular weight excluding hydrogens is 253 g/mol. The maximum absolute atomic E-state index is 13.7. The van der Waals surface area contributed by atoms with E-state index >= 15 is 0 Å². The third-order valence-electron chi connectivity index (χ3n) is 3.07. The van der Waals surface area contributed by atoms with E-state index in [-0.39, 0.29) is 23.6 Å². The molecule has 0 spiro atoms. The first-order chi connectivity index (χ1) is 8.97. The lowest BCUT2D eigenvalue weighted by Gasteiger charge is -2.19.